The van der Waals surface area contributed by atoms with Crippen LogP contribution in [-0.4, -0.2) is 79.8 Å². The van der Waals surface area contributed by atoms with Crippen molar-refractivity contribution in [2.24, 2.45) is 0 Å². The lowest BCUT2D eigenvalue weighted by Crippen LogP contribution is -2.29. The van der Waals surface area contributed by atoms with Crippen molar-refractivity contribution in [1.29, 1.82) is 0 Å². The standard InChI is InChI=1S/C17H17ClFNO4.C12H9F2N5O2S.C3H8NO5P/c1-9(2)15-16(21)20(17(22)24-15)13-8-14(11(18)7-12(13)19)23-10-5-3-4-6-10;1-7-5-6-19-11(15-7)16-12(17-19)22(20,21)18-10-8(13)3-2-4-9(10)14;5-3(6)1-4-2-10(7,8)9/h7-8,10H,3-6H2,1-2H3;2-6,18H,1H3;4H,1-2H2,(H,5,6)(H2,7,8,9). The number of aromatic nitrogens is 4. The highest BCUT2D eigenvalue weighted by Crippen LogP contribution is 2.37. The summed E-state index contributed by atoms with van der Waals surface area (Å²) in [4.78, 5) is 58.9. The zero-order valence-corrected chi connectivity index (χ0v) is 32.0. The lowest BCUT2D eigenvalue weighted by molar-refractivity contribution is -0.135. The number of allylic oxidation sites excluding steroid dienone is 1. The van der Waals surface area contributed by atoms with E-state index in [0.717, 1.165) is 54.5 Å². The topological polar surface area (TPSA) is 252 Å². The molecule has 0 atom stereocenters. The van der Waals surface area contributed by atoms with Crippen LogP contribution in [0.3, 0.4) is 0 Å². The minimum absolute atomic E-state index is 0.00962. The van der Waals surface area contributed by atoms with Crippen molar-refractivity contribution in [2.75, 3.05) is 22.5 Å². The quantitative estimate of drug-likeness (QED) is 0.105. The number of imide groups is 1. The average Bonchev–Trinajstić information content (AvgIpc) is 3.83. The summed E-state index contributed by atoms with van der Waals surface area (Å²) in [5, 5.41) is 13.3. The fraction of sp³-hybridized carbons (Fsp3) is 0.312. The van der Waals surface area contributed by atoms with Gasteiger partial charge < -0.3 is 24.4 Å². The van der Waals surface area contributed by atoms with Crippen molar-refractivity contribution in [2.45, 2.75) is 57.7 Å². The third-order valence-corrected chi connectivity index (χ3v) is 9.48. The molecule has 0 bridgehead atoms. The molecule has 1 saturated carbocycles. The van der Waals surface area contributed by atoms with Crippen molar-refractivity contribution in [1.82, 2.24) is 24.9 Å². The van der Waals surface area contributed by atoms with Crippen molar-refractivity contribution in [3.8, 4) is 5.75 Å². The number of benzene rings is 2. The first-order valence-corrected chi connectivity index (χ1v) is 19.9. The van der Waals surface area contributed by atoms with E-state index in [9.17, 15) is 40.5 Å². The molecule has 2 amide bonds. The largest absolute Gasteiger partial charge is 0.489 e. The molecule has 2 aromatic heterocycles. The molecule has 2 aromatic carbocycles. The van der Waals surface area contributed by atoms with Crippen LogP contribution in [-0.2, 0) is 28.9 Å². The number of sulfonamides is 1. The number of nitrogens with zero attached hydrogens (tertiary/aromatic N) is 5. The Balaban J connectivity index is 0.000000202. The summed E-state index contributed by atoms with van der Waals surface area (Å²) in [6, 6.07) is 6.93. The smallest absolute Gasteiger partial charge is 0.427 e. The number of anilines is 2. The van der Waals surface area contributed by atoms with Crippen LogP contribution in [0.15, 0.2) is 59.1 Å². The molecule has 1 aliphatic heterocycles. The number of hydrogen-bond acceptors (Lipinski definition) is 12. The molecule has 0 radical (unpaired) electrons. The molecule has 2 fully saturated rings. The average molecular weight is 848 g/mol. The number of fused-ring (bicyclic) bond motifs is 1. The maximum atomic E-state index is 14.3. The number of nitrogens with one attached hydrogen (secondary N) is 2. The van der Waals surface area contributed by atoms with Gasteiger partial charge >= 0.3 is 25.6 Å². The molecule has 6 rings (SSSR count). The van der Waals surface area contributed by atoms with E-state index in [2.05, 4.69) is 20.4 Å². The number of aryl methyl sites for hydroxylation is 1. The van der Waals surface area contributed by atoms with Crippen molar-refractivity contribution in [3.05, 3.63) is 82.1 Å². The molecule has 24 heteroatoms. The summed E-state index contributed by atoms with van der Waals surface area (Å²) in [5.74, 6) is -4.49. The Labute approximate surface area is 321 Å². The number of cyclic esters (lactones) is 1. The first kappa shape index (κ1) is 43.6. The Kier molecular flexibility index (Phi) is 14.2. The minimum atomic E-state index is -4.35. The second kappa shape index (κ2) is 18.2. The predicted octanol–water partition coefficient (Wildman–Crippen LogP) is 4.89. The number of ether oxygens (including phenoxy) is 2. The fourth-order valence-electron chi connectivity index (χ4n) is 4.89. The number of carboxylic acids is 1. The Morgan fingerprint density at radius 3 is 2.29 bits per heavy atom. The van der Waals surface area contributed by atoms with Gasteiger partial charge in [-0.1, -0.05) is 17.7 Å². The Morgan fingerprint density at radius 1 is 1.07 bits per heavy atom. The number of aliphatic carboxylic acids is 1. The molecule has 2 aliphatic rings. The highest BCUT2D eigenvalue weighted by atomic mass is 35.5. The molecular weight excluding hydrogens is 814 g/mol. The summed E-state index contributed by atoms with van der Waals surface area (Å²) in [5.41, 5.74) is 0.147. The monoisotopic (exact) mass is 847 g/mol. The van der Waals surface area contributed by atoms with Gasteiger partial charge in [0.15, 0.2) is 5.76 Å². The number of halogens is 4. The van der Waals surface area contributed by atoms with Crippen LogP contribution in [0.25, 0.3) is 5.78 Å². The van der Waals surface area contributed by atoms with Gasteiger partial charge in [-0.3, -0.25) is 24.2 Å². The van der Waals surface area contributed by atoms with Gasteiger partial charge in [0.2, 0.25) is 0 Å². The molecule has 0 unspecified atom stereocenters. The Bertz CT molecular complexity index is 2310. The molecule has 56 heavy (non-hydrogen) atoms. The van der Waals surface area contributed by atoms with Gasteiger partial charge in [0, 0.05) is 18.0 Å². The van der Waals surface area contributed by atoms with Gasteiger partial charge in [0.05, 0.1) is 29.6 Å². The maximum Gasteiger partial charge on any atom is 0.427 e. The van der Waals surface area contributed by atoms with E-state index in [1.54, 1.807) is 31.6 Å². The zero-order chi connectivity index (χ0) is 41.5. The van der Waals surface area contributed by atoms with Crippen molar-refractivity contribution in [3.63, 3.8) is 0 Å². The van der Waals surface area contributed by atoms with Crippen molar-refractivity contribution < 1.29 is 64.9 Å². The number of amides is 2. The van der Waals surface area contributed by atoms with Crippen LogP contribution in [0.1, 0.15) is 45.2 Å². The van der Waals surface area contributed by atoms with Gasteiger partial charge in [-0.15, -0.1) is 5.10 Å². The summed E-state index contributed by atoms with van der Waals surface area (Å²) >= 11 is 6.04. The molecule has 5 N–H and O–H groups in total. The number of carbonyl (C=O) groups is 3. The lowest BCUT2D eigenvalue weighted by Gasteiger charge is -2.18. The van der Waals surface area contributed by atoms with E-state index < -0.39 is 76.7 Å². The van der Waals surface area contributed by atoms with Crippen LogP contribution >= 0.6 is 19.2 Å². The first-order chi connectivity index (χ1) is 26.2. The lowest BCUT2D eigenvalue weighted by atomic mass is 10.2. The van der Waals surface area contributed by atoms with E-state index >= 15 is 0 Å². The molecule has 0 spiro atoms. The zero-order valence-electron chi connectivity index (χ0n) is 29.6. The molecule has 18 nitrogen and oxygen atoms in total. The number of carboxylic acid groups (broad SMARTS) is 1. The predicted molar refractivity (Wildman–Crippen MR) is 192 cm³/mol. The summed E-state index contributed by atoms with van der Waals surface area (Å²) in [7, 11) is -8.44. The van der Waals surface area contributed by atoms with Gasteiger partial charge in [-0.05, 0) is 76.3 Å². The van der Waals surface area contributed by atoms with Crippen LogP contribution in [0.4, 0.5) is 29.3 Å². The molecule has 1 aliphatic carbocycles. The van der Waals surface area contributed by atoms with E-state index in [1.165, 1.54) is 12.3 Å². The van der Waals surface area contributed by atoms with Gasteiger partial charge in [-0.25, -0.2) is 32.4 Å². The van der Waals surface area contributed by atoms with Gasteiger partial charge in [0.25, 0.3) is 21.0 Å². The van der Waals surface area contributed by atoms with Crippen LogP contribution in [0.2, 0.25) is 5.02 Å². The molecule has 1 saturated heterocycles. The molecule has 4 aromatic rings. The van der Waals surface area contributed by atoms with Crippen LogP contribution < -0.4 is 19.7 Å². The first-order valence-electron chi connectivity index (χ1n) is 16.2. The number of rotatable bonds is 10. The molecule has 302 valence electrons. The van der Waals surface area contributed by atoms with Gasteiger partial charge in [-0.2, -0.15) is 13.4 Å². The highest BCUT2D eigenvalue weighted by Gasteiger charge is 2.40. The van der Waals surface area contributed by atoms with E-state index in [-0.39, 0.29) is 34.1 Å². The summed E-state index contributed by atoms with van der Waals surface area (Å²) < 4.78 is 89.4. The number of carbonyl (C=O) groups excluding carboxylic acids is 2. The molecular formula is C32H34ClF3N7O11PS. The third-order valence-electron chi connectivity index (χ3n) is 7.42. The van der Waals surface area contributed by atoms with E-state index in [0.29, 0.717) is 16.2 Å². The normalized spacial score (nSPS) is 14.5. The summed E-state index contributed by atoms with van der Waals surface area (Å²) in [6.45, 7) is 4.54. The second-order valence-corrected chi connectivity index (χ2v) is 15.8. The number of hydrogen-bond donors (Lipinski definition) is 5. The maximum absolute atomic E-state index is 14.3. The SMILES string of the molecule is CC(C)=C1OC(=O)N(c2cc(OC3CCCC3)c(Cl)cc2F)C1=O.Cc1ccn2nc(S(=O)(=O)Nc3c(F)cccc3F)nc2n1.O=C(O)CNCP(=O)(O)O. The van der Waals surface area contributed by atoms with E-state index in [1.807, 2.05) is 0 Å². The second-order valence-electron chi connectivity index (χ2n) is 12.1. The van der Waals surface area contributed by atoms with Crippen molar-refractivity contribution >= 4 is 64.3 Å². The van der Waals surface area contributed by atoms with Crippen LogP contribution in [0.5, 0.6) is 5.75 Å². The third kappa shape index (κ3) is 11.5. The van der Waals surface area contributed by atoms with E-state index in [4.69, 9.17) is 36.0 Å². The minimum Gasteiger partial charge on any atom is -0.489 e. The number of para-hydroxylation sites is 1. The summed E-state index contributed by atoms with van der Waals surface area (Å²) in [6.07, 6.45) is 3.88. The highest BCUT2D eigenvalue weighted by molar-refractivity contribution is 7.92. The van der Waals surface area contributed by atoms with Crippen LogP contribution in [0, 0.1) is 24.4 Å². The Morgan fingerprint density at radius 2 is 1.71 bits per heavy atom. The molecule has 3 heterocycles. The van der Waals surface area contributed by atoms with Gasteiger partial charge in [0.1, 0.15) is 28.9 Å². The fourth-order valence-corrected chi connectivity index (χ4v) is 6.44. The Hall–Kier alpha value is -5.12.